The number of carbonyl (C=O) groups excluding carboxylic acids is 1. The minimum Gasteiger partial charge on any atom is -0.389 e. The summed E-state index contributed by atoms with van der Waals surface area (Å²) in [6, 6.07) is 3.86. The van der Waals surface area contributed by atoms with Gasteiger partial charge in [0, 0.05) is 17.8 Å². The Balaban J connectivity index is 2.41. The maximum absolute atomic E-state index is 13.2. The third kappa shape index (κ3) is 2.31. The predicted octanol–water partition coefficient (Wildman–Crippen LogP) is 1.33. The first-order chi connectivity index (χ1) is 8.50. The van der Waals surface area contributed by atoms with Crippen LogP contribution in [-0.4, -0.2) is 23.6 Å². The molecule has 0 spiro atoms. The number of benzene rings is 1. The number of nitrogens with two attached hydrogens (primary N) is 1. The number of aliphatic hydroxyl groups excluding tert-OH is 1. The fraction of sp³-hybridized carbons (Fsp3) is 0.462. The molecular formula is C13H17FN2O2. The molecule has 0 aromatic heterocycles. The maximum atomic E-state index is 13.2. The van der Waals surface area contributed by atoms with Gasteiger partial charge < -0.3 is 15.7 Å². The van der Waals surface area contributed by atoms with Gasteiger partial charge in [0.2, 0.25) is 5.91 Å². The highest BCUT2D eigenvalue weighted by Gasteiger charge is 2.31. The van der Waals surface area contributed by atoms with Gasteiger partial charge in [0.05, 0.1) is 6.10 Å². The summed E-state index contributed by atoms with van der Waals surface area (Å²) in [4.78, 5) is 13.2. The van der Waals surface area contributed by atoms with Gasteiger partial charge in [-0.25, -0.2) is 4.39 Å². The Bertz CT molecular complexity index is 462. The van der Waals surface area contributed by atoms with E-state index in [1.54, 1.807) is 13.0 Å². The third-order valence-electron chi connectivity index (χ3n) is 3.33. The van der Waals surface area contributed by atoms with E-state index in [-0.39, 0.29) is 11.9 Å². The molecule has 1 heterocycles. The molecule has 0 aliphatic carbocycles. The summed E-state index contributed by atoms with van der Waals surface area (Å²) in [5.74, 6) is -0.780. The van der Waals surface area contributed by atoms with E-state index >= 15 is 0 Å². The van der Waals surface area contributed by atoms with E-state index in [2.05, 4.69) is 0 Å². The van der Waals surface area contributed by atoms with Crippen LogP contribution >= 0.6 is 0 Å². The molecule has 1 aromatic rings. The fourth-order valence-electron chi connectivity index (χ4n) is 2.47. The number of carbonyl (C=O) groups is 1. The van der Waals surface area contributed by atoms with Crippen LogP contribution in [0, 0.1) is 5.82 Å². The SMILES string of the molecule is CC(O)c1cc(F)ccc1N1CCCC1C(N)=O. The smallest absolute Gasteiger partial charge is 0.240 e. The summed E-state index contributed by atoms with van der Waals surface area (Å²) in [5, 5.41) is 9.70. The van der Waals surface area contributed by atoms with E-state index < -0.39 is 11.9 Å². The largest absolute Gasteiger partial charge is 0.389 e. The lowest BCUT2D eigenvalue weighted by Gasteiger charge is -2.27. The molecule has 0 bridgehead atoms. The lowest BCUT2D eigenvalue weighted by atomic mass is 10.1. The minimum atomic E-state index is -0.787. The van der Waals surface area contributed by atoms with Crippen LogP contribution in [0.4, 0.5) is 10.1 Å². The van der Waals surface area contributed by atoms with Crippen LogP contribution in [0.2, 0.25) is 0 Å². The average Bonchev–Trinajstić information content (AvgIpc) is 2.77. The van der Waals surface area contributed by atoms with Gasteiger partial charge in [-0.05, 0) is 38.0 Å². The van der Waals surface area contributed by atoms with Gasteiger partial charge in [-0.3, -0.25) is 4.79 Å². The van der Waals surface area contributed by atoms with E-state index in [1.807, 2.05) is 4.90 Å². The van der Waals surface area contributed by atoms with E-state index in [4.69, 9.17) is 5.73 Å². The molecule has 5 heteroatoms. The van der Waals surface area contributed by atoms with Crippen molar-refractivity contribution in [3.8, 4) is 0 Å². The molecule has 4 nitrogen and oxygen atoms in total. The van der Waals surface area contributed by atoms with E-state index in [0.717, 1.165) is 6.42 Å². The zero-order chi connectivity index (χ0) is 13.3. The molecule has 1 aliphatic heterocycles. The molecule has 3 N–H and O–H groups in total. The van der Waals surface area contributed by atoms with Crippen molar-refractivity contribution in [1.29, 1.82) is 0 Å². The van der Waals surface area contributed by atoms with Crippen LogP contribution in [0.3, 0.4) is 0 Å². The van der Waals surface area contributed by atoms with Gasteiger partial charge in [0.1, 0.15) is 11.9 Å². The normalized spacial score (nSPS) is 21.1. The molecule has 2 atom stereocenters. The molecule has 18 heavy (non-hydrogen) atoms. The van der Waals surface area contributed by atoms with Gasteiger partial charge in [0.15, 0.2) is 0 Å². The number of rotatable bonds is 3. The van der Waals surface area contributed by atoms with Crippen molar-refractivity contribution in [2.75, 3.05) is 11.4 Å². The highest BCUT2D eigenvalue weighted by molar-refractivity contribution is 5.84. The summed E-state index contributed by atoms with van der Waals surface area (Å²) < 4.78 is 13.2. The number of anilines is 1. The first-order valence-electron chi connectivity index (χ1n) is 6.04. The molecule has 2 rings (SSSR count). The molecule has 0 saturated carbocycles. The fourth-order valence-corrected chi connectivity index (χ4v) is 2.47. The van der Waals surface area contributed by atoms with E-state index in [9.17, 15) is 14.3 Å². The third-order valence-corrected chi connectivity index (χ3v) is 3.33. The average molecular weight is 252 g/mol. The zero-order valence-corrected chi connectivity index (χ0v) is 10.3. The first-order valence-corrected chi connectivity index (χ1v) is 6.04. The molecule has 98 valence electrons. The standard InChI is InChI=1S/C13H17FN2O2/c1-8(17)10-7-9(14)4-5-11(10)16-6-2-3-12(16)13(15)18/h4-5,7-8,12,17H,2-3,6H2,1H3,(H2,15,18). The number of hydrogen-bond donors (Lipinski definition) is 2. The number of aliphatic hydroxyl groups is 1. The molecule has 1 fully saturated rings. The Hall–Kier alpha value is -1.62. The van der Waals surface area contributed by atoms with Crippen molar-refractivity contribution in [2.24, 2.45) is 5.73 Å². The molecule has 1 saturated heterocycles. The number of primary amides is 1. The van der Waals surface area contributed by atoms with Gasteiger partial charge in [-0.2, -0.15) is 0 Å². The van der Waals surface area contributed by atoms with Crippen LogP contribution < -0.4 is 10.6 Å². The van der Waals surface area contributed by atoms with Crippen LogP contribution in [0.5, 0.6) is 0 Å². The van der Waals surface area contributed by atoms with Crippen LogP contribution in [0.25, 0.3) is 0 Å². The van der Waals surface area contributed by atoms with Crippen LogP contribution in [0.15, 0.2) is 18.2 Å². The number of nitrogens with zero attached hydrogens (tertiary/aromatic N) is 1. The van der Waals surface area contributed by atoms with Crippen LogP contribution in [0.1, 0.15) is 31.4 Å². The Morgan fingerprint density at radius 3 is 2.94 bits per heavy atom. The summed E-state index contributed by atoms with van der Waals surface area (Å²) in [6.45, 7) is 2.27. The Morgan fingerprint density at radius 2 is 2.33 bits per heavy atom. The molecule has 1 aromatic carbocycles. The zero-order valence-electron chi connectivity index (χ0n) is 10.3. The Kier molecular flexibility index (Phi) is 3.52. The second-order valence-electron chi connectivity index (χ2n) is 4.63. The Labute approximate surface area is 105 Å². The molecule has 0 radical (unpaired) electrons. The molecular weight excluding hydrogens is 235 g/mol. The summed E-state index contributed by atoms with van der Waals surface area (Å²) in [7, 11) is 0. The molecule has 1 aliphatic rings. The summed E-state index contributed by atoms with van der Waals surface area (Å²) in [5.41, 5.74) is 6.54. The lowest BCUT2D eigenvalue weighted by molar-refractivity contribution is -0.119. The van der Waals surface area contributed by atoms with Crippen LogP contribution in [-0.2, 0) is 4.79 Å². The van der Waals surface area contributed by atoms with Gasteiger partial charge in [-0.1, -0.05) is 0 Å². The van der Waals surface area contributed by atoms with E-state index in [1.165, 1.54) is 12.1 Å². The minimum absolute atomic E-state index is 0.368. The van der Waals surface area contributed by atoms with Crippen molar-refractivity contribution >= 4 is 11.6 Å². The van der Waals surface area contributed by atoms with Crippen molar-refractivity contribution in [3.63, 3.8) is 0 Å². The lowest BCUT2D eigenvalue weighted by Crippen LogP contribution is -2.40. The van der Waals surface area contributed by atoms with Crippen molar-refractivity contribution in [2.45, 2.75) is 31.9 Å². The van der Waals surface area contributed by atoms with Crippen molar-refractivity contribution in [1.82, 2.24) is 0 Å². The quantitative estimate of drug-likeness (QED) is 0.853. The predicted molar refractivity (Wildman–Crippen MR) is 66.6 cm³/mol. The van der Waals surface area contributed by atoms with Gasteiger partial charge >= 0.3 is 0 Å². The van der Waals surface area contributed by atoms with E-state index in [0.29, 0.717) is 24.2 Å². The Morgan fingerprint density at radius 1 is 1.61 bits per heavy atom. The van der Waals surface area contributed by atoms with Crippen molar-refractivity contribution in [3.05, 3.63) is 29.6 Å². The van der Waals surface area contributed by atoms with Gasteiger partial charge in [0.25, 0.3) is 0 Å². The number of halogens is 1. The molecule has 1 amide bonds. The number of amides is 1. The summed E-state index contributed by atoms with van der Waals surface area (Å²) in [6.07, 6.45) is 0.778. The first kappa shape index (κ1) is 12.8. The topological polar surface area (TPSA) is 66.6 Å². The second kappa shape index (κ2) is 4.94. The highest BCUT2D eigenvalue weighted by atomic mass is 19.1. The highest BCUT2D eigenvalue weighted by Crippen LogP contribution is 2.32. The number of hydrogen-bond acceptors (Lipinski definition) is 3. The second-order valence-corrected chi connectivity index (χ2v) is 4.63. The summed E-state index contributed by atoms with van der Waals surface area (Å²) >= 11 is 0. The van der Waals surface area contributed by atoms with Crippen molar-refractivity contribution < 1.29 is 14.3 Å². The molecule has 2 unspecified atom stereocenters. The monoisotopic (exact) mass is 252 g/mol. The maximum Gasteiger partial charge on any atom is 0.240 e. The van der Waals surface area contributed by atoms with Gasteiger partial charge in [-0.15, -0.1) is 0 Å².